The van der Waals surface area contributed by atoms with Gasteiger partial charge in [0.25, 0.3) is 5.91 Å². The van der Waals surface area contributed by atoms with Crippen molar-refractivity contribution >= 4 is 5.91 Å². The minimum atomic E-state index is 0.0198. The van der Waals surface area contributed by atoms with Crippen molar-refractivity contribution in [1.29, 1.82) is 0 Å². The Morgan fingerprint density at radius 3 is 2.71 bits per heavy atom. The van der Waals surface area contributed by atoms with Crippen LogP contribution in [0.3, 0.4) is 0 Å². The van der Waals surface area contributed by atoms with Crippen LogP contribution in [0.4, 0.5) is 0 Å². The lowest BCUT2D eigenvalue weighted by atomic mass is 10.0. The van der Waals surface area contributed by atoms with Gasteiger partial charge >= 0.3 is 0 Å². The maximum absolute atomic E-state index is 12.7. The number of likely N-dealkylation sites (tertiary alicyclic amines) is 1. The summed E-state index contributed by atoms with van der Waals surface area (Å²) in [6.45, 7) is 1.46. The molecule has 1 amide bonds. The average Bonchev–Trinajstić information content (AvgIpc) is 3.35. The molecule has 24 heavy (non-hydrogen) atoms. The van der Waals surface area contributed by atoms with Gasteiger partial charge in [-0.15, -0.1) is 0 Å². The molecule has 0 saturated carbocycles. The molecule has 0 spiro atoms. The molecule has 3 aromatic heterocycles. The summed E-state index contributed by atoms with van der Waals surface area (Å²) in [6, 6.07) is 7.62. The molecule has 1 aliphatic rings. The summed E-state index contributed by atoms with van der Waals surface area (Å²) in [5.74, 6) is 0.719. The monoisotopic (exact) mass is 322 g/mol. The van der Waals surface area contributed by atoms with Crippen molar-refractivity contribution in [2.45, 2.75) is 18.9 Å². The smallest absolute Gasteiger partial charge is 0.255 e. The van der Waals surface area contributed by atoms with Crippen molar-refractivity contribution in [3.63, 3.8) is 0 Å². The van der Waals surface area contributed by atoms with E-state index in [-0.39, 0.29) is 11.9 Å². The first-order valence-corrected chi connectivity index (χ1v) is 8.06. The van der Waals surface area contributed by atoms with Crippen molar-refractivity contribution in [3.8, 4) is 5.82 Å². The fourth-order valence-electron chi connectivity index (χ4n) is 3.09. The number of nitrogens with zero attached hydrogens (tertiary/aromatic N) is 6. The van der Waals surface area contributed by atoms with E-state index in [1.54, 1.807) is 23.3 Å². The van der Waals surface area contributed by atoms with Gasteiger partial charge in [0.2, 0.25) is 0 Å². The predicted octanol–water partition coefficient (Wildman–Crippen LogP) is 1.94. The lowest BCUT2D eigenvalue weighted by molar-refractivity contribution is 0.0672. The third-order valence-electron chi connectivity index (χ3n) is 4.32. The van der Waals surface area contributed by atoms with Crippen LogP contribution in [-0.2, 0) is 0 Å². The van der Waals surface area contributed by atoms with Gasteiger partial charge < -0.3 is 4.90 Å². The number of aromatic nitrogens is 5. The zero-order valence-corrected chi connectivity index (χ0v) is 13.2. The van der Waals surface area contributed by atoms with Gasteiger partial charge in [-0.2, -0.15) is 10.2 Å². The summed E-state index contributed by atoms with van der Waals surface area (Å²) in [4.78, 5) is 19.0. The fourth-order valence-corrected chi connectivity index (χ4v) is 3.09. The second-order valence-electron chi connectivity index (χ2n) is 5.89. The zero-order valence-electron chi connectivity index (χ0n) is 13.2. The second-order valence-corrected chi connectivity index (χ2v) is 5.89. The maximum Gasteiger partial charge on any atom is 0.255 e. The standard InChI is InChI=1S/C17H18N6O/c24-17(14-5-6-16(18-12-14)23-11-3-8-20-23)21-9-1-4-15(13-21)22-10-2-7-19-22/h2-3,5-8,10-12,15H,1,4,9,13H2/t15-/m0/s1. The molecule has 0 radical (unpaired) electrons. The summed E-state index contributed by atoms with van der Waals surface area (Å²) in [6.07, 6.45) is 10.9. The van der Waals surface area contributed by atoms with Crippen LogP contribution in [0.5, 0.6) is 0 Å². The number of amides is 1. The topological polar surface area (TPSA) is 68.8 Å². The molecule has 0 bridgehead atoms. The first-order chi connectivity index (χ1) is 11.8. The van der Waals surface area contributed by atoms with Gasteiger partial charge in [-0.3, -0.25) is 9.48 Å². The van der Waals surface area contributed by atoms with Crippen LogP contribution in [0.25, 0.3) is 5.82 Å². The number of piperidine rings is 1. The van der Waals surface area contributed by atoms with Gasteiger partial charge in [0, 0.05) is 44.1 Å². The van der Waals surface area contributed by atoms with Crippen molar-refractivity contribution in [2.75, 3.05) is 13.1 Å². The van der Waals surface area contributed by atoms with E-state index in [4.69, 9.17) is 0 Å². The molecular formula is C17H18N6O. The molecule has 122 valence electrons. The lowest BCUT2D eigenvalue weighted by Crippen LogP contribution is -2.40. The Morgan fingerprint density at radius 1 is 1.12 bits per heavy atom. The number of carbonyl (C=O) groups is 1. The van der Waals surface area contributed by atoms with Crippen LogP contribution in [0.1, 0.15) is 29.2 Å². The SMILES string of the molecule is O=C(c1ccc(-n2cccn2)nc1)N1CCC[C@H](n2cccn2)C1. The van der Waals surface area contributed by atoms with Crippen molar-refractivity contribution in [2.24, 2.45) is 0 Å². The van der Waals surface area contributed by atoms with Gasteiger partial charge in [-0.1, -0.05) is 0 Å². The Kier molecular flexibility index (Phi) is 3.82. The van der Waals surface area contributed by atoms with Crippen LogP contribution >= 0.6 is 0 Å². The number of hydrogen-bond acceptors (Lipinski definition) is 4. The first kappa shape index (κ1) is 14.6. The highest BCUT2D eigenvalue weighted by Gasteiger charge is 2.25. The molecule has 1 fully saturated rings. The van der Waals surface area contributed by atoms with E-state index in [2.05, 4.69) is 15.2 Å². The molecule has 4 heterocycles. The molecule has 1 atom stereocenters. The quantitative estimate of drug-likeness (QED) is 0.739. The molecule has 0 unspecified atom stereocenters. The van der Waals surface area contributed by atoms with Crippen molar-refractivity contribution < 1.29 is 4.79 Å². The molecule has 4 rings (SSSR count). The van der Waals surface area contributed by atoms with Gasteiger partial charge in [0.1, 0.15) is 0 Å². The van der Waals surface area contributed by atoms with Crippen molar-refractivity contribution in [1.82, 2.24) is 29.4 Å². The molecule has 7 nitrogen and oxygen atoms in total. The van der Waals surface area contributed by atoms with E-state index in [1.807, 2.05) is 46.2 Å². The van der Waals surface area contributed by atoms with Gasteiger partial charge in [0.05, 0.1) is 11.6 Å². The Labute approximate surface area is 139 Å². The van der Waals surface area contributed by atoms with E-state index in [0.717, 1.165) is 19.4 Å². The van der Waals surface area contributed by atoms with E-state index in [0.29, 0.717) is 17.9 Å². The molecule has 0 aromatic carbocycles. The largest absolute Gasteiger partial charge is 0.336 e. The third kappa shape index (κ3) is 2.80. The average molecular weight is 322 g/mol. The fraction of sp³-hybridized carbons (Fsp3) is 0.294. The van der Waals surface area contributed by atoms with E-state index < -0.39 is 0 Å². The summed E-state index contributed by atoms with van der Waals surface area (Å²) in [5.41, 5.74) is 0.604. The van der Waals surface area contributed by atoms with Gasteiger partial charge in [0.15, 0.2) is 5.82 Å². The molecule has 1 saturated heterocycles. The minimum Gasteiger partial charge on any atom is -0.336 e. The van der Waals surface area contributed by atoms with E-state index >= 15 is 0 Å². The third-order valence-corrected chi connectivity index (χ3v) is 4.32. The Morgan fingerprint density at radius 2 is 2.00 bits per heavy atom. The summed E-state index contributed by atoms with van der Waals surface area (Å²) >= 11 is 0. The first-order valence-electron chi connectivity index (χ1n) is 8.06. The highest BCUT2D eigenvalue weighted by Crippen LogP contribution is 2.22. The summed E-state index contributed by atoms with van der Waals surface area (Å²) < 4.78 is 3.61. The second kappa shape index (κ2) is 6.27. The predicted molar refractivity (Wildman–Crippen MR) is 87.8 cm³/mol. The number of rotatable bonds is 3. The molecule has 3 aromatic rings. The Hall–Kier alpha value is -2.96. The highest BCUT2D eigenvalue weighted by molar-refractivity contribution is 5.94. The number of pyridine rings is 1. The van der Waals surface area contributed by atoms with E-state index in [1.165, 1.54) is 0 Å². The van der Waals surface area contributed by atoms with Crippen LogP contribution in [0.15, 0.2) is 55.2 Å². The van der Waals surface area contributed by atoms with Crippen LogP contribution < -0.4 is 0 Å². The lowest BCUT2D eigenvalue weighted by Gasteiger charge is -2.32. The molecule has 0 aliphatic carbocycles. The Bertz CT molecular complexity index is 794. The molecule has 1 aliphatic heterocycles. The van der Waals surface area contributed by atoms with Crippen LogP contribution in [-0.4, -0.2) is 48.4 Å². The summed E-state index contributed by atoms with van der Waals surface area (Å²) in [7, 11) is 0. The minimum absolute atomic E-state index is 0.0198. The zero-order chi connectivity index (χ0) is 16.4. The van der Waals surface area contributed by atoms with Crippen LogP contribution in [0, 0.1) is 0 Å². The number of carbonyl (C=O) groups excluding carboxylic acids is 1. The molecule has 7 heteroatoms. The summed E-state index contributed by atoms with van der Waals surface area (Å²) in [5, 5.41) is 8.44. The van der Waals surface area contributed by atoms with Crippen molar-refractivity contribution in [3.05, 3.63) is 60.8 Å². The highest BCUT2D eigenvalue weighted by atomic mass is 16.2. The molecule has 0 N–H and O–H groups in total. The van der Waals surface area contributed by atoms with E-state index in [9.17, 15) is 4.79 Å². The Balaban J connectivity index is 1.49. The van der Waals surface area contributed by atoms with Crippen LogP contribution in [0.2, 0.25) is 0 Å². The van der Waals surface area contributed by atoms with Gasteiger partial charge in [-0.05, 0) is 37.1 Å². The molecular weight excluding hydrogens is 304 g/mol. The normalized spacial score (nSPS) is 17.8. The van der Waals surface area contributed by atoms with Gasteiger partial charge in [-0.25, -0.2) is 9.67 Å². The maximum atomic E-state index is 12.7. The number of hydrogen-bond donors (Lipinski definition) is 0.